The SMILES string of the molecule is COCCOC(C)(C)C(O)NC1CC(C)(C)CC(C)(C)C1. The molecule has 4 heteroatoms. The monoisotopic (exact) mass is 301 g/mol. The minimum atomic E-state index is -0.677. The van der Waals surface area contributed by atoms with Crippen LogP contribution in [0.25, 0.3) is 0 Å². The van der Waals surface area contributed by atoms with Gasteiger partial charge in [-0.15, -0.1) is 0 Å². The maximum Gasteiger partial charge on any atom is 0.133 e. The van der Waals surface area contributed by atoms with Crippen molar-refractivity contribution in [1.82, 2.24) is 5.32 Å². The van der Waals surface area contributed by atoms with Gasteiger partial charge < -0.3 is 14.6 Å². The molecule has 1 saturated carbocycles. The lowest BCUT2D eigenvalue weighted by Crippen LogP contribution is -2.55. The Morgan fingerprint density at radius 3 is 2.14 bits per heavy atom. The number of hydrogen-bond donors (Lipinski definition) is 2. The van der Waals surface area contributed by atoms with Crippen molar-refractivity contribution in [3.05, 3.63) is 0 Å². The molecule has 1 unspecified atom stereocenters. The van der Waals surface area contributed by atoms with Gasteiger partial charge in [0.15, 0.2) is 0 Å². The minimum absolute atomic E-state index is 0.306. The Labute approximate surface area is 130 Å². The van der Waals surface area contributed by atoms with E-state index in [4.69, 9.17) is 9.47 Å². The zero-order chi connectivity index (χ0) is 16.3. The predicted molar refractivity (Wildman–Crippen MR) is 86.3 cm³/mol. The Balaban J connectivity index is 2.58. The van der Waals surface area contributed by atoms with Gasteiger partial charge in [0.1, 0.15) is 11.8 Å². The van der Waals surface area contributed by atoms with E-state index in [2.05, 4.69) is 33.0 Å². The zero-order valence-electron chi connectivity index (χ0n) is 15.0. The van der Waals surface area contributed by atoms with Crippen LogP contribution >= 0.6 is 0 Å². The number of hydrogen-bond acceptors (Lipinski definition) is 4. The lowest BCUT2D eigenvalue weighted by molar-refractivity contribution is -0.128. The molecule has 0 aromatic carbocycles. The average Bonchev–Trinajstić information content (AvgIpc) is 2.24. The van der Waals surface area contributed by atoms with E-state index in [9.17, 15) is 5.11 Å². The predicted octanol–water partition coefficient (Wildman–Crippen LogP) is 2.94. The number of rotatable bonds is 7. The van der Waals surface area contributed by atoms with E-state index < -0.39 is 11.8 Å². The van der Waals surface area contributed by atoms with Crippen LogP contribution in [0.15, 0.2) is 0 Å². The second-order valence-electron chi connectivity index (χ2n) is 8.62. The molecular formula is C17H35NO3. The lowest BCUT2D eigenvalue weighted by Gasteiger charge is -2.46. The highest BCUT2D eigenvalue weighted by molar-refractivity contribution is 4.94. The van der Waals surface area contributed by atoms with Gasteiger partial charge in [-0.2, -0.15) is 0 Å². The lowest BCUT2D eigenvalue weighted by atomic mass is 9.63. The van der Waals surface area contributed by atoms with E-state index in [0.29, 0.717) is 30.1 Å². The molecule has 1 aliphatic carbocycles. The topological polar surface area (TPSA) is 50.7 Å². The summed E-state index contributed by atoms with van der Waals surface area (Å²) in [6.07, 6.45) is 2.72. The largest absolute Gasteiger partial charge is 0.382 e. The van der Waals surface area contributed by atoms with Crippen LogP contribution in [0.4, 0.5) is 0 Å². The summed E-state index contributed by atoms with van der Waals surface area (Å²) in [5, 5.41) is 13.9. The molecule has 1 atom stereocenters. The van der Waals surface area contributed by atoms with Crippen molar-refractivity contribution in [3.63, 3.8) is 0 Å². The first-order valence-electron chi connectivity index (χ1n) is 8.04. The van der Waals surface area contributed by atoms with Crippen LogP contribution in [0.5, 0.6) is 0 Å². The second-order valence-corrected chi connectivity index (χ2v) is 8.62. The van der Waals surface area contributed by atoms with Crippen LogP contribution in [0.2, 0.25) is 0 Å². The molecule has 0 bridgehead atoms. The highest BCUT2D eigenvalue weighted by Crippen LogP contribution is 2.45. The molecule has 0 aromatic rings. The van der Waals surface area contributed by atoms with Crippen molar-refractivity contribution >= 4 is 0 Å². The van der Waals surface area contributed by atoms with Crippen molar-refractivity contribution in [2.24, 2.45) is 10.8 Å². The summed E-state index contributed by atoms with van der Waals surface area (Å²) < 4.78 is 10.7. The van der Waals surface area contributed by atoms with Crippen LogP contribution in [-0.2, 0) is 9.47 Å². The van der Waals surface area contributed by atoms with E-state index >= 15 is 0 Å². The van der Waals surface area contributed by atoms with Crippen molar-refractivity contribution in [2.75, 3.05) is 20.3 Å². The van der Waals surface area contributed by atoms with Crippen LogP contribution in [0.1, 0.15) is 60.8 Å². The zero-order valence-corrected chi connectivity index (χ0v) is 15.0. The third-order valence-corrected chi connectivity index (χ3v) is 4.37. The van der Waals surface area contributed by atoms with Gasteiger partial charge in [0.25, 0.3) is 0 Å². The number of nitrogens with one attached hydrogen (secondary N) is 1. The maximum atomic E-state index is 10.5. The van der Waals surface area contributed by atoms with Gasteiger partial charge in [-0.3, -0.25) is 5.32 Å². The van der Waals surface area contributed by atoms with Crippen molar-refractivity contribution < 1.29 is 14.6 Å². The Bertz CT molecular complexity index is 310. The van der Waals surface area contributed by atoms with E-state index in [1.165, 1.54) is 6.42 Å². The van der Waals surface area contributed by atoms with Gasteiger partial charge in [-0.1, -0.05) is 27.7 Å². The molecule has 1 fully saturated rings. The van der Waals surface area contributed by atoms with Crippen molar-refractivity contribution in [1.29, 1.82) is 0 Å². The summed E-state index contributed by atoms with van der Waals surface area (Å²) >= 11 is 0. The van der Waals surface area contributed by atoms with Crippen LogP contribution in [-0.4, -0.2) is 43.3 Å². The summed E-state index contributed by atoms with van der Waals surface area (Å²) in [4.78, 5) is 0. The van der Waals surface area contributed by atoms with E-state index in [1.807, 2.05) is 13.8 Å². The number of aliphatic hydroxyl groups is 1. The molecule has 0 saturated heterocycles. The first-order chi connectivity index (χ1) is 9.47. The van der Waals surface area contributed by atoms with Crippen LogP contribution in [0.3, 0.4) is 0 Å². The molecule has 0 aliphatic heterocycles. The second kappa shape index (κ2) is 6.95. The number of ether oxygens (including phenoxy) is 2. The summed E-state index contributed by atoms with van der Waals surface area (Å²) in [5.41, 5.74) is -0.00929. The standard InChI is InChI=1S/C17H35NO3/c1-15(2)10-13(11-16(3,4)12-15)18-14(19)17(5,6)21-9-8-20-7/h13-14,18-19H,8-12H2,1-7H3. The molecule has 0 radical (unpaired) electrons. The molecule has 2 N–H and O–H groups in total. The van der Waals surface area contributed by atoms with E-state index in [0.717, 1.165) is 12.8 Å². The normalized spacial score (nSPS) is 24.0. The molecule has 4 nitrogen and oxygen atoms in total. The molecule has 126 valence electrons. The highest BCUT2D eigenvalue weighted by atomic mass is 16.5. The van der Waals surface area contributed by atoms with E-state index in [-0.39, 0.29) is 0 Å². The fourth-order valence-electron chi connectivity index (χ4n) is 3.85. The first kappa shape index (κ1) is 18.9. The van der Waals surface area contributed by atoms with Crippen molar-refractivity contribution in [3.8, 4) is 0 Å². The van der Waals surface area contributed by atoms with Crippen LogP contribution in [0, 0.1) is 10.8 Å². The third-order valence-electron chi connectivity index (χ3n) is 4.37. The molecule has 1 rings (SSSR count). The Kier molecular flexibility index (Phi) is 6.25. The van der Waals surface area contributed by atoms with Gasteiger partial charge in [0, 0.05) is 13.2 Å². The molecule has 0 aromatic heterocycles. The highest BCUT2D eigenvalue weighted by Gasteiger charge is 2.40. The fourth-order valence-corrected chi connectivity index (χ4v) is 3.85. The Morgan fingerprint density at radius 2 is 1.67 bits per heavy atom. The molecular weight excluding hydrogens is 266 g/mol. The number of methoxy groups -OCH3 is 1. The Hall–Kier alpha value is -0.160. The van der Waals surface area contributed by atoms with Gasteiger partial charge in [-0.25, -0.2) is 0 Å². The van der Waals surface area contributed by atoms with Crippen molar-refractivity contribution in [2.45, 2.75) is 78.7 Å². The molecule has 1 aliphatic rings. The summed E-state index contributed by atoms with van der Waals surface area (Å²) in [6, 6.07) is 0.323. The molecule has 0 heterocycles. The molecule has 0 spiro atoms. The van der Waals surface area contributed by atoms with Gasteiger partial charge in [0.2, 0.25) is 0 Å². The average molecular weight is 301 g/mol. The molecule has 21 heavy (non-hydrogen) atoms. The Morgan fingerprint density at radius 1 is 1.14 bits per heavy atom. The third kappa shape index (κ3) is 6.23. The summed E-state index contributed by atoms with van der Waals surface area (Å²) in [5.74, 6) is 0. The van der Waals surface area contributed by atoms with Gasteiger partial charge in [0.05, 0.1) is 13.2 Å². The first-order valence-corrected chi connectivity index (χ1v) is 8.04. The molecule has 0 amide bonds. The summed E-state index contributed by atoms with van der Waals surface area (Å²) in [6.45, 7) is 14.1. The fraction of sp³-hybridized carbons (Fsp3) is 1.00. The summed E-state index contributed by atoms with van der Waals surface area (Å²) in [7, 11) is 1.65. The van der Waals surface area contributed by atoms with E-state index in [1.54, 1.807) is 7.11 Å². The van der Waals surface area contributed by atoms with Gasteiger partial charge in [-0.05, 0) is 43.9 Å². The minimum Gasteiger partial charge on any atom is -0.382 e. The van der Waals surface area contributed by atoms with Gasteiger partial charge >= 0.3 is 0 Å². The number of aliphatic hydroxyl groups excluding tert-OH is 1. The van der Waals surface area contributed by atoms with Crippen LogP contribution < -0.4 is 5.32 Å². The quantitative estimate of drug-likeness (QED) is 0.561. The smallest absolute Gasteiger partial charge is 0.133 e. The maximum absolute atomic E-state index is 10.5.